The standard InChI is InChI=1S/C22H22N4O2/c1-3-28-19-11-7-8-17(13-19)23-14-16-12-20-15(2)25-26(21(20)24-22(16)27)18-9-5-4-6-10-18/h4-13,23H,3,14H2,1-2H3,(H,24,27). The van der Waals surface area contributed by atoms with E-state index < -0.39 is 0 Å². The molecule has 0 saturated heterocycles. The van der Waals surface area contributed by atoms with Gasteiger partial charge in [-0.2, -0.15) is 5.10 Å². The van der Waals surface area contributed by atoms with Crippen LogP contribution in [0.15, 0.2) is 65.5 Å². The molecule has 2 heterocycles. The van der Waals surface area contributed by atoms with Gasteiger partial charge >= 0.3 is 0 Å². The number of nitrogens with zero attached hydrogens (tertiary/aromatic N) is 2. The molecule has 4 aromatic rings. The quantitative estimate of drug-likeness (QED) is 0.534. The molecule has 6 nitrogen and oxygen atoms in total. The SMILES string of the molecule is CCOc1cccc(NCc2cc3c(C)nn(-c4ccccc4)c3[nH]c2=O)c1. The number of aromatic nitrogens is 3. The van der Waals surface area contributed by atoms with Crippen molar-refractivity contribution >= 4 is 16.7 Å². The Kier molecular flexibility index (Phi) is 4.85. The van der Waals surface area contributed by atoms with Gasteiger partial charge in [0.25, 0.3) is 5.56 Å². The lowest BCUT2D eigenvalue weighted by Gasteiger charge is -2.09. The van der Waals surface area contributed by atoms with Crippen LogP contribution in [-0.4, -0.2) is 21.4 Å². The summed E-state index contributed by atoms with van der Waals surface area (Å²) in [5.74, 6) is 0.803. The van der Waals surface area contributed by atoms with Crippen molar-refractivity contribution < 1.29 is 4.74 Å². The number of H-pyrrole nitrogens is 1. The average molecular weight is 374 g/mol. The average Bonchev–Trinajstić information content (AvgIpc) is 3.03. The monoisotopic (exact) mass is 374 g/mol. The Balaban J connectivity index is 1.64. The number of para-hydroxylation sites is 1. The van der Waals surface area contributed by atoms with Gasteiger partial charge in [-0.3, -0.25) is 4.79 Å². The third kappa shape index (κ3) is 3.49. The van der Waals surface area contributed by atoms with Crippen molar-refractivity contribution in [1.82, 2.24) is 14.8 Å². The van der Waals surface area contributed by atoms with E-state index in [4.69, 9.17) is 4.74 Å². The van der Waals surface area contributed by atoms with Gasteiger partial charge in [0.1, 0.15) is 11.4 Å². The molecule has 2 aromatic carbocycles. The number of hydrogen-bond donors (Lipinski definition) is 2. The number of anilines is 1. The van der Waals surface area contributed by atoms with E-state index in [0.717, 1.165) is 28.2 Å². The molecular formula is C22H22N4O2. The number of aryl methyl sites for hydroxylation is 1. The molecule has 0 amide bonds. The van der Waals surface area contributed by atoms with Crippen molar-refractivity contribution in [3.8, 4) is 11.4 Å². The van der Waals surface area contributed by atoms with Gasteiger partial charge in [0.05, 0.1) is 18.0 Å². The van der Waals surface area contributed by atoms with Gasteiger partial charge in [0.2, 0.25) is 0 Å². The Bertz CT molecular complexity index is 1160. The fraction of sp³-hybridized carbons (Fsp3) is 0.182. The summed E-state index contributed by atoms with van der Waals surface area (Å²) in [6.45, 7) is 4.93. The van der Waals surface area contributed by atoms with Crippen molar-refractivity contribution in [2.45, 2.75) is 20.4 Å². The van der Waals surface area contributed by atoms with Gasteiger partial charge in [0, 0.05) is 29.2 Å². The molecule has 2 aromatic heterocycles. The molecule has 0 unspecified atom stereocenters. The first-order chi connectivity index (χ1) is 13.7. The molecule has 2 N–H and O–H groups in total. The number of benzene rings is 2. The van der Waals surface area contributed by atoms with E-state index in [2.05, 4.69) is 15.4 Å². The van der Waals surface area contributed by atoms with Crippen LogP contribution in [0.1, 0.15) is 18.2 Å². The lowest BCUT2D eigenvalue weighted by Crippen LogP contribution is -2.16. The summed E-state index contributed by atoms with van der Waals surface area (Å²) in [6, 6.07) is 19.4. The number of pyridine rings is 1. The van der Waals surface area contributed by atoms with E-state index >= 15 is 0 Å². The zero-order chi connectivity index (χ0) is 19.5. The van der Waals surface area contributed by atoms with Crippen molar-refractivity contribution in [2.24, 2.45) is 0 Å². The molecule has 0 fully saturated rings. The maximum Gasteiger partial charge on any atom is 0.254 e. The fourth-order valence-electron chi connectivity index (χ4n) is 3.21. The van der Waals surface area contributed by atoms with Gasteiger partial charge in [-0.15, -0.1) is 0 Å². The van der Waals surface area contributed by atoms with Gasteiger partial charge < -0.3 is 15.0 Å². The van der Waals surface area contributed by atoms with Crippen LogP contribution in [-0.2, 0) is 6.54 Å². The molecule has 0 atom stereocenters. The summed E-state index contributed by atoms with van der Waals surface area (Å²) in [7, 11) is 0. The van der Waals surface area contributed by atoms with Crippen LogP contribution < -0.4 is 15.6 Å². The second-order valence-electron chi connectivity index (χ2n) is 6.53. The van der Waals surface area contributed by atoms with Crippen molar-refractivity contribution in [2.75, 3.05) is 11.9 Å². The molecule has 0 aliphatic heterocycles. The van der Waals surface area contributed by atoms with Gasteiger partial charge in [0.15, 0.2) is 0 Å². The number of fused-ring (bicyclic) bond motifs is 1. The van der Waals surface area contributed by atoms with Crippen LogP contribution in [0.5, 0.6) is 5.75 Å². The first-order valence-corrected chi connectivity index (χ1v) is 9.29. The highest BCUT2D eigenvalue weighted by atomic mass is 16.5. The second kappa shape index (κ2) is 7.60. The zero-order valence-electron chi connectivity index (χ0n) is 15.9. The van der Waals surface area contributed by atoms with Crippen LogP contribution in [0, 0.1) is 6.92 Å². The molecule has 0 aliphatic carbocycles. The molecule has 6 heteroatoms. The Morgan fingerprint density at radius 3 is 2.71 bits per heavy atom. The molecule has 0 bridgehead atoms. The largest absolute Gasteiger partial charge is 0.494 e. The molecule has 142 valence electrons. The first kappa shape index (κ1) is 17.9. The van der Waals surface area contributed by atoms with Crippen LogP contribution in [0.3, 0.4) is 0 Å². The maximum atomic E-state index is 12.7. The smallest absolute Gasteiger partial charge is 0.254 e. The number of aromatic amines is 1. The lowest BCUT2D eigenvalue weighted by atomic mass is 10.2. The molecule has 28 heavy (non-hydrogen) atoms. The highest BCUT2D eigenvalue weighted by molar-refractivity contribution is 5.80. The van der Waals surface area contributed by atoms with Gasteiger partial charge in [-0.05, 0) is 44.2 Å². The molecule has 4 rings (SSSR count). The van der Waals surface area contributed by atoms with E-state index in [1.807, 2.05) is 74.5 Å². The highest BCUT2D eigenvalue weighted by Crippen LogP contribution is 2.21. The maximum absolute atomic E-state index is 12.7. The third-order valence-corrected chi connectivity index (χ3v) is 4.58. The number of hydrogen-bond acceptors (Lipinski definition) is 4. The van der Waals surface area contributed by atoms with E-state index in [1.165, 1.54) is 0 Å². The van der Waals surface area contributed by atoms with Crippen molar-refractivity contribution in [3.63, 3.8) is 0 Å². The molecule has 0 radical (unpaired) electrons. The Morgan fingerprint density at radius 1 is 1.11 bits per heavy atom. The zero-order valence-corrected chi connectivity index (χ0v) is 15.9. The number of ether oxygens (including phenoxy) is 1. The van der Waals surface area contributed by atoms with Crippen molar-refractivity contribution in [1.29, 1.82) is 0 Å². The van der Waals surface area contributed by atoms with Crippen molar-refractivity contribution in [3.05, 3.63) is 82.3 Å². The summed E-state index contributed by atoms with van der Waals surface area (Å²) in [6.07, 6.45) is 0. The minimum atomic E-state index is -0.127. The fourth-order valence-corrected chi connectivity index (χ4v) is 3.21. The predicted molar refractivity (Wildman–Crippen MR) is 111 cm³/mol. The summed E-state index contributed by atoms with van der Waals surface area (Å²) < 4.78 is 7.29. The van der Waals surface area contributed by atoms with E-state index in [0.29, 0.717) is 24.4 Å². The summed E-state index contributed by atoms with van der Waals surface area (Å²) in [5, 5.41) is 8.83. The minimum absolute atomic E-state index is 0.127. The van der Waals surface area contributed by atoms with Crippen LogP contribution in [0.25, 0.3) is 16.7 Å². The molecule has 0 aliphatic rings. The Hall–Kier alpha value is -3.54. The predicted octanol–water partition coefficient (Wildman–Crippen LogP) is 4.03. The van der Waals surface area contributed by atoms with Gasteiger partial charge in [-0.1, -0.05) is 24.3 Å². The van der Waals surface area contributed by atoms with E-state index in [-0.39, 0.29) is 5.56 Å². The Labute approximate surface area is 162 Å². The molecule has 0 saturated carbocycles. The normalized spacial score (nSPS) is 10.9. The summed E-state index contributed by atoms with van der Waals surface area (Å²) >= 11 is 0. The summed E-state index contributed by atoms with van der Waals surface area (Å²) in [5.41, 5.74) is 3.92. The third-order valence-electron chi connectivity index (χ3n) is 4.58. The van der Waals surface area contributed by atoms with E-state index in [1.54, 1.807) is 4.68 Å². The minimum Gasteiger partial charge on any atom is -0.494 e. The van der Waals surface area contributed by atoms with Crippen LogP contribution >= 0.6 is 0 Å². The lowest BCUT2D eigenvalue weighted by molar-refractivity contribution is 0.340. The molecular weight excluding hydrogens is 352 g/mol. The van der Waals surface area contributed by atoms with Gasteiger partial charge in [-0.25, -0.2) is 4.68 Å². The first-order valence-electron chi connectivity index (χ1n) is 9.29. The second-order valence-corrected chi connectivity index (χ2v) is 6.53. The van der Waals surface area contributed by atoms with Crippen LogP contribution in [0.4, 0.5) is 5.69 Å². The number of nitrogens with one attached hydrogen (secondary N) is 2. The summed E-state index contributed by atoms with van der Waals surface area (Å²) in [4.78, 5) is 15.6. The van der Waals surface area contributed by atoms with E-state index in [9.17, 15) is 4.79 Å². The molecule has 0 spiro atoms. The number of rotatable bonds is 6. The Morgan fingerprint density at radius 2 is 1.93 bits per heavy atom. The highest BCUT2D eigenvalue weighted by Gasteiger charge is 2.12. The topological polar surface area (TPSA) is 71.9 Å². The van der Waals surface area contributed by atoms with Crippen LogP contribution in [0.2, 0.25) is 0 Å².